The summed E-state index contributed by atoms with van der Waals surface area (Å²) in [5.74, 6) is 0. The second-order valence-corrected chi connectivity index (χ2v) is 6.57. The van der Waals surface area contributed by atoms with Crippen LogP contribution in [0, 0.1) is 0 Å². The van der Waals surface area contributed by atoms with Gasteiger partial charge in [0.25, 0.3) is 0 Å². The molecule has 2 rings (SSSR count). The Bertz CT molecular complexity index is 398. The van der Waals surface area contributed by atoms with Gasteiger partial charge < -0.3 is 5.32 Å². The molecule has 20 heavy (non-hydrogen) atoms. The van der Waals surface area contributed by atoms with Crippen molar-refractivity contribution in [1.29, 1.82) is 0 Å². The number of halogens is 1. The highest BCUT2D eigenvalue weighted by atomic mass is 35.5. The van der Waals surface area contributed by atoms with E-state index in [0.717, 1.165) is 17.6 Å². The second kappa shape index (κ2) is 7.44. The van der Waals surface area contributed by atoms with E-state index in [1.807, 2.05) is 12.1 Å². The largest absolute Gasteiger partial charge is 0.312 e. The predicted octanol–water partition coefficient (Wildman–Crippen LogP) is 4.25. The average Bonchev–Trinajstić information content (AvgIpc) is 2.97. The Morgan fingerprint density at radius 3 is 2.40 bits per heavy atom. The third kappa shape index (κ3) is 4.21. The lowest BCUT2D eigenvalue weighted by Gasteiger charge is -2.32. The van der Waals surface area contributed by atoms with Crippen LogP contribution in [-0.2, 0) is 0 Å². The Kier molecular flexibility index (Phi) is 5.88. The van der Waals surface area contributed by atoms with Crippen LogP contribution in [0.4, 0.5) is 0 Å². The normalized spacial score (nSPS) is 19.4. The van der Waals surface area contributed by atoms with Gasteiger partial charge in [-0.2, -0.15) is 0 Å². The van der Waals surface area contributed by atoms with E-state index < -0.39 is 0 Å². The lowest BCUT2D eigenvalue weighted by molar-refractivity contribution is 0.189. The standard InChI is InChI=1S/C17H27ClN2/c1-13(12-19-17-6-4-5-7-17)20(3)14(2)15-8-10-16(18)11-9-15/h8-11,13-14,17,19H,4-7,12H2,1-3H3. The molecule has 3 heteroatoms. The minimum atomic E-state index is 0.410. The molecule has 1 saturated carbocycles. The van der Waals surface area contributed by atoms with E-state index in [1.54, 1.807) is 0 Å². The molecule has 0 bridgehead atoms. The first-order valence-corrected chi connectivity index (χ1v) is 8.16. The number of nitrogens with one attached hydrogen (secondary N) is 1. The second-order valence-electron chi connectivity index (χ2n) is 6.13. The van der Waals surface area contributed by atoms with Gasteiger partial charge in [-0.25, -0.2) is 0 Å². The highest BCUT2D eigenvalue weighted by molar-refractivity contribution is 6.30. The van der Waals surface area contributed by atoms with Gasteiger partial charge in [-0.1, -0.05) is 36.6 Å². The number of hydrogen-bond donors (Lipinski definition) is 1. The zero-order chi connectivity index (χ0) is 14.5. The fraction of sp³-hybridized carbons (Fsp3) is 0.647. The number of rotatable bonds is 6. The number of benzene rings is 1. The first kappa shape index (κ1) is 15.8. The molecule has 0 spiro atoms. The van der Waals surface area contributed by atoms with Crippen LogP contribution in [0.5, 0.6) is 0 Å². The van der Waals surface area contributed by atoms with Crippen molar-refractivity contribution in [2.24, 2.45) is 0 Å². The maximum absolute atomic E-state index is 5.96. The summed E-state index contributed by atoms with van der Waals surface area (Å²) in [4.78, 5) is 2.44. The summed E-state index contributed by atoms with van der Waals surface area (Å²) in [6.07, 6.45) is 5.48. The molecule has 0 saturated heterocycles. The molecule has 2 unspecified atom stereocenters. The molecule has 1 aliphatic rings. The SMILES string of the molecule is CC(CNC1CCCC1)N(C)C(C)c1ccc(Cl)cc1. The molecule has 1 aliphatic carbocycles. The minimum absolute atomic E-state index is 0.410. The molecule has 1 aromatic carbocycles. The van der Waals surface area contributed by atoms with E-state index in [-0.39, 0.29) is 0 Å². The van der Waals surface area contributed by atoms with Crippen molar-refractivity contribution in [3.8, 4) is 0 Å². The van der Waals surface area contributed by atoms with Gasteiger partial charge in [0.15, 0.2) is 0 Å². The summed E-state index contributed by atoms with van der Waals surface area (Å²) in [5, 5.41) is 4.52. The van der Waals surface area contributed by atoms with E-state index >= 15 is 0 Å². The molecule has 112 valence electrons. The van der Waals surface area contributed by atoms with Crippen molar-refractivity contribution < 1.29 is 0 Å². The van der Waals surface area contributed by atoms with Gasteiger partial charge in [0.2, 0.25) is 0 Å². The van der Waals surface area contributed by atoms with Crippen LogP contribution in [0.3, 0.4) is 0 Å². The van der Waals surface area contributed by atoms with Gasteiger partial charge in [0.05, 0.1) is 0 Å². The summed E-state index contributed by atoms with van der Waals surface area (Å²) in [7, 11) is 2.21. The fourth-order valence-corrected chi connectivity index (χ4v) is 3.10. The zero-order valence-electron chi connectivity index (χ0n) is 12.9. The van der Waals surface area contributed by atoms with Gasteiger partial charge in [0, 0.05) is 29.7 Å². The van der Waals surface area contributed by atoms with Crippen LogP contribution in [-0.4, -0.2) is 30.6 Å². The topological polar surface area (TPSA) is 15.3 Å². The first-order chi connectivity index (χ1) is 9.58. The molecule has 1 aromatic rings. The number of nitrogens with zero attached hydrogens (tertiary/aromatic N) is 1. The lowest BCUT2D eigenvalue weighted by Crippen LogP contribution is -2.42. The van der Waals surface area contributed by atoms with Crippen molar-refractivity contribution in [3.05, 3.63) is 34.9 Å². The Morgan fingerprint density at radius 1 is 1.20 bits per heavy atom. The number of hydrogen-bond acceptors (Lipinski definition) is 2. The lowest BCUT2D eigenvalue weighted by atomic mass is 10.1. The molecular weight excluding hydrogens is 268 g/mol. The molecule has 2 atom stereocenters. The van der Waals surface area contributed by atoms with Gasteiger partial charge in [-0.15, -0.1) is 0 Å². The van der Waals surface area contributed by atoms with Gasteiger partial charge in [-0.05, 0) is 51.4 Å². The van der Waals surface area contributed by atoms with Crippen molar-refractivity contribution in [1.82, 2.24) is 10.2 Å². The summed E-state index contributed by atoms with van der Waals surface area (Å²) in [5.41, 5.74) is 1.32. The molecule has 0 aromatic heterocycles. The molecule has 1 fully saturated rings. The average molecular weight is 295 g/mol. The van der Waals surface area contributed by atoms with E-state index in [2.05, 4.69) is 43.2 Å². The Balaban J connectivity index is 1.84. The van der Waals surface area contributed by atoms with Crippen LogP contribution >= 0.6 is 11.6 Å². The van der Waals surface area contributed by atoms with Crippen LogP contribution in [0.2, 0.25) is 5.02 Å². The van der Waals surface area contributed by atoms with Crippen LogP contribution in [0.25, 0.3) is 0 Å². The zero-order valence-corrected chi connectivity index (χ0v) is 13.7. The molecule has 0 amide bonds. The Hall–Kier alpha value is -0.570. The highest BCUT2D eigenvalue weighted by Gasteiger charge is 2.20. The summed E-state index contributed by atoms with van der Waals surface area (Å²) >= 11 is 5.96. The summed E-state index contributed by atoms with van der Waals surface area (Å²) < 4.78 is 0. The molecule has 1 N–H and O–H groups in total. The van der Waals surface area contributed by atoms with Gasteiger partial charge in [0.1, 0.15) is 0 Å². The minimum Gasteiger partial charge on any atom is -0.312 e. The quantitative estimate of drug-likeness (QED) is 0.843. The molecule has 0 heterocycles. The summed E-state index contributed by atoms with van der Waals surface area (Å²) in [6.45, 7) is 5.63. The summed E-state index contributed by atoms with van der Waals surface area (Å²) in [6, 6.07) is 9.89. The van der Waals surface area contributed by atoms with E-state index in [9.17, 15) is 0 Å². The molecule has 0 aliphatic heterocycles. The van der Waals surface area contributed by atoms with Crippen molar-refractivity contribution in [2.75, 3.05) is 13.6 Å². The third-order valence-electron chi connectivity index (χ3n) is 4.72. The Labute approximate surface area is 128 Å². The molecular formula is C17H27ClN2. The van der Waals surface area contributed by atoms with Gasteiger partial charge in [-0.3, -0.25) is 4.90 Å². The van der Waals surface area contributed by atoms with E-state index in [4.69, 9.17) is 11.6 Å². The highest BCUT2D eigenvalue weighted by Crippen LogP contribution is 2.23. The van der Waals surface area contributed by atoms with Crippen LogP contribution < -0.4 is 5.32 Å². The van der Waals surface area contributed by atoms with Crippen molar-refractivity contribution in [3.63, 3.8) is 0 Å². The first-order valence-electron chi connectivity index (χ1n) is 7.78. The molecule has 2 nitrogen and oxygen atoms in total. The van der Waals surface area contributed by atoms with Crippen molar-refractivity contribution in [2.45, 2.75) is 57.7 Å². The number of likely N-dealkylation sites (N-methyl/N-ethyl adjacent to an activating group) is 1. The maximum atomic E-state index is 5.96. The van der Waals surface area contributed by atoms with E-state index in [0.29, 0.717) is 12.1 Å². The van der Waals surface area contributed by atoms with Gasteiger partial charge >= 0.3 is 0 Å². The van der Waals surface area contributed by atoms with Crippen LogP contribution in [0.1, 0.15) is 51.1 Å². The third-order valence-corrected chi connectivity index (χ3v) is 4.97. The monoisotopic (exact) mass is 294 g/mol. The maximum Gasteiger partial charge on any atom is 0.0406 e. The fourth-order valence-electron chi connectivity index (χ4n) is 2.97. The van der Waals surface area contributed by atoms with E-state index in [1.165, 1.54) is 31.2 Å². The smallest absolute Gasteiger partial charge is 0.0406 e. The molecule has 0 radical (unpaired) electrons. The van der Waals surface area contributed by atoms with Crippen molar-refractivity contribution >= 4 is 11.6 Å². The Morgan fingerprint density at radius 2 is 1.80 bits per heavy atom. The predicted molar refractivity (Wildman–Crippen MR) is 87.4 cm³/mol. The van der Waals surface area contributed by atoms with Crippen LogP contribution in [0.15, 0.2) is 24.3 Å².